The molecule has 0 spiro atoms. The molecule has 0 bridgehead atoms. The fourth-order valence-corrected chi connectivity index (χ4v) is 6.66. The first-order chi connectivity index (χ1) is 13.3. The van der Waals surface area contributed by atoms with Crippen LogP contribution in [-0.4, -0.2) is 11.2 Å². The molecule has 3 aliphatic carbocycles. The van der Waals surface area contributed by atoms with E-state index in [2.05, 4.69) is 46.4 Å². The molecule has 0 aliphatic heterocycles. The van der Waals surface area contributed by atoms with Gasteiger partial charge in [0.2, 0.25) is 0 Å². The van der Waals surface area contributed by atoms with Gasteiger partial charge in [-0.15, -0.1) is 0 Å². The molecule has 0 aromatic heterocycles. The first-order valence-corrected chi connectivity index (χ1v) is 12.1. The molecule has 5 atom stereocenters. The standard InChI is InChI=1S/C27H44O/c1-19(2)8-6-9-21(4)25-15-16-26-22(10-7-17-27(25,26)5)12-13-23-18-24(28)14-11-20(23)3/h12-13,19,21,24-26,28H,3,6-11,14-18H2,1-2,4-5H3/b22-12-,23-13+/t21?,24-,25+,26?,27+/m0/s1. The molecule has 0 radical (unpaired) electrons. The number of hydrogen-bond acceptors (Lipinski definition) is 1. The van der Waals surface area contributed by atoms with Gasteiger partial charge in [0, 0.05) is 0 Å². The van der Waals surface area contributed by atoms with Gasteiger partial charge >= 0.3 is 0 Å². The van der Waals surface area contributed by atoms with Crippen LogP contribution in [0.1, 0.15) is 98.3 Å². The maximum Gasteiger partial charge on any atom is 0.0583 e. The van der Waals surface area contributed by atoms with E-state index < -0.39 is 0 Å². The lowest BCUT2D eigenvalue weighted by Crippen LogP contribution is -2.36. The van der Waals surface area contributed by atoms with E-state index in [-0.39, 0.29) is 6.10 Å². The molecule has 3 fully saturated rings. The summed E-state index contributed by atoms with van der Waals surface area (Å²) in [6, 6.07) is 0. The van der Waals surface area contributed by atoms with Crippen LogP contribution in [0.15, 0.2) is 35.5 Å². The number of hydrogen-bond donors (Lipinski definition) is 1. The zero-order chi connectivity index (χ0) is 20.3. The van der Waals surface area contributed by atoms with E-state index in [0.29, 0.717) is 5.41 Å². The molecule has 2 unspecified atom stereocenters. The maximum atomic E-state index is 10.0. The van der Waals surface area contributed by atoms with Crippen LogP contribution in [0.2, 0.25) is 0 Å². The third-order valence-electron chi connectivity index (χ3n) is 8.35. The van der Waals surface area contributed by atoms with E-state index in [1.807, 2.05) is 0 Å². The Bertz CT molecular complexity index is 610. The van der Waals surface area contributed by atoms with Gasteiger partial charge in [0.25, 0.3) is 0 Å². The Hall–Kier alpha value is -0.820. The quantitative estimate of drug-likeness (QED) is 0.499. The van der Waals surface area contributed by atoms with Crippen molar-refractivity contribution in [2.24, 2.45) is 29.1 Å². The highest BCUT2D eigenvalue weighted by Gasteiger charge is 2.50. The number of aliphatic hydroxyl groups excluding tert-OH is 1. The largest absolute Gasteiger partial charge is 0.393 e. The Kier molecular flexibility index (Phi) is 7.29. The predicted octanol–water partition coefficient (Wildman–Crippen LogP) is 7.62. The zero-order valence-corrected chi connectivity index (χ0v) is 19.0. The molecule has 1 N–H and O–H groups in total. The highest BCUT2D eigenvalue weighted by molar-refractivity contribution is 5.36. The average molecular weight is 385 g/mol. The van der Waals surface area contributed by atoms with Crippen LogP contribution in [0.5, 0.6) is 0 Å². The normalized spacial score (nSPS) is 37.6. The molecule has 3 rings (SSSR count). The van der Waals surface area contributed by atoms with E-state index in [1.54, 1.807) is 5.57 Å². The summed E-state index contributed by atoms with van der Waals surface area (Å²) >= 11 is 0. The van der Waals surface area contributed by atoms with Crippen molar-refractivity contribution in [3.63, 3.8) is 0 Å². The van der Waals surface area contributed by atoms with Crippen molar-refractivity contribution >= 4 is 0 Å². The summed E-state index contributed by atoms with van der Waals surface area (Å²) in [7, 11) is 0. The Balaban J connectivity index is 1.70. The number of fused-ring (bicyclic) bond motifs is 1. The van der Waals surface area contributed by atoms with Crippen molar-refractivity contribution in [3.8, 4) is 0 Å². The molecule has 158 valence electrons. The Morgan fingerprint density at radius 1 is 1.11 bits per heavy atom. The van der Waals surface area contributed by atoms with Crippen LogP contribution in [0.4, 0.5) is 0 Å². The van der Waals surface area contributed by atoms with Crippen LogP contribution >= 0.6 is 0 Å². The van der Waals surface area contributed by atoms with Gasteiger partial charge in [-0.25, -0.2) is 0 Å². The topological polar surface area (TPSA) is 20.2 Å². The Morgan fingerprint density at radius 3 is 2.64 bits per heavy atom. The van der Waals surface area contributed by atoms with Crippen LogP contribution < -0.4 is 0 Å². The van der Waals surface area contributed by atoms with Crippen LogP contribution in [0, 0.1) is 29.1 Å². The molecular formula is C27H44O. The summed E-state index contributed by atoms with van der Waals surface area (Å²) in [4.78, 5) is 0. The fourth-order valence-electron chi connectivity index (χ4n) is 6.66. The van der Waals surface area contributed by atoms with Crippen molar-refractivity contribution in [3.05, 3.63) is 35.5 Å². The van der Waals surface area contributed by atoms with Crippen molar-refractivity contribution in [2.45, 2.75) is 104 Å². The molecule has 0 saturated heterocycles. The van der Waals surface area contributed by atoms with E-state index in [9.17, 15) is 5.11 Å². The summed E-state index contributed by atoms with van der Waals surface area (Å²) in [6.07, 6.45) is 18.2. The number of rotatable bonds is 6. The van der Waals surface area contributed by atoms with Crippen LogP contribution in [0.3, 0.4) is 0 Å². The summed E-state index contributed by atoms with van der Waals surface area (Å²) in [6.45, 7) is 14.1. The molecule has 1 nitrogen and oxygen atoms in total. The molecular weight excluding hydrogens is 340 g/mol. The lowest BCUT2D eigenvalue weighted by Gasteiger charge is -2.44. The van der Waals surface area contributed by atoms with Gasteiger partial charge in [0.1, 0.15) is 0 Å². The highest BCUT2D eigenvalue weighted by Crippen LogP contribution is 2.59. The smallest absolute Gasteiger partial charge is 0.0583 e. The van der Waals surface area contributed by atoms with E-state index in [4.69, 9.17) is 0 Å². The molecule has 3 saturated carbocycles. The molecule has 0 amide bonds. The van der Waals surface area contributed by atoms with Crippen molar-refractivity contribution < 1.29 is 5.11 Å². The summed E-state index contributed by atoms with van der Waals surface area (Å²) in [5.74, 6) is 3.37. The lowest BCUT2D eigenvalue weighted by molar-refractivity contribution is 0.0929. The molecule has 0 aromatic carbocycles. The van der Waals surface area contributed by atoms with Gasteiger partial charge in [0.05, 0.1) is 6.10 Å². The van der Waals surface area contributed by atoms with E-state index in [0.717, 1.165) is 42.9 Å². The SMILES string of the molecule is C=C1CC[C@H](O)C/C1=C\C=C1\CCC[C@@]2(C)C1CC[C@@H]2C(C)CCCC(C)C. The van der Waals surface area contributed by atoms with E-state index >= 15 is 0 Å². The first-order valence-electron chi connectivity index (χ1n) is 12.1. The molecule has 3 aliphatic rings. The van der Waals surface area contributed by atoms with Gasteiger partial charge in [-0.1, -0.05) is 76.8 Å². The second kappa shape index (κ2) is 9.33. The van der Waals surface area contributed by atoms with Crippen LogP contribution in [0.25, 0.3) is 0 Å². The van der Waals surface area contributed by atoms with Gasteiger partial charge in [0.15, 0.2) is 0 Å². The molecule has 28 heavy (non-hydrogen) atoms. The summed E-state index contributed by atoms with van der Waals surface area (Å²) in [5.41, 5.74) is 4.72. The minimum Gasteiger partial charge on any atom is -0.393 e. The Labute approximate surface area is 174 Å². The number of allylic oxidation sites excluding steroid dienone is 4. The lowest BCUT2D eigenvalue weighted by atomic mass is 9.60. The summed E-state index contributed by atoms with van der Waals surface area (Å²) in [5, 5.41) is 10.0. The van der Waals surface area contributed by atoms with Gasteiger partial charge in [-0.2, -0.15) is 0 Å². The molecule has 1 heteroatoms. The van der Waals surface area contributed by atoms with Gasteiger partial charge in [-0.3, -0.25) is 0 Å². The van der Waals surface area contributed by atoms with E-state index in [1.165, 1.54) is 62.5 Å². The monoisotopic (exact) mass is 384 g/mol. The number of aliphatic hydroxyl groups is 1. The summed E-state index contributed by atoms with van der Waals surface area (Å²) < 4.78 is 0. The predicted molar refractivity (Wildman–Crippen MR) is 121 cm³/mol. The molecule has 0 aromatic rings. The highest BCUT2D eigenvalue weighted by atomic mass is 16.3. The van der Waals surface area contributed by atoms with Gasteiger partial charge < -0.3 is 5.11 Å². The second-order valence-corrected chi connectivity index (χ2v) is 10.8. The third kappa shape index (κ3) is 4.84. The third-order valence-corrected chi connectivity index (χ3v) is 8.35. The zero-order valence-electron chi connectivity index (χ0n) is 19.0. The van der Waals surface area contributed by atoms with Crippen molar-refractivity contribution in [2.75, 3.05) is 0 Å². The fraction of sp³-hybridized carbons (Fsp3) is 0.778. The minimum atomic E-state index is -0.172. The van der Waals surface area contributed by atoms with Crippen LogP contribution in [-0.2, 0) is 0 Å². The molecule has 0 heterocycles. The second-order valence-electron chi connectivity index (χ2n) is 10.8. The Morgan fingerprint density at radius 2 is 1.89 bits per heavy atom. The van der Waals surface area contributed by atoms with Gasteiger partial charge in [-0.05, 0) is 86.0 Å². The first kappa shape index (κ1) is 21.9. The van der Waals surface area contributed by atoms with Crippen molar-refractivity contribution in [1.82, 2.24) is 0 Å². The van der Waals surface area contributed by atoms with Crippen molar-refractivity contribution in [1.29, 1.82) is 0 Å². The average Bonchev–Trinajstić information content (AvgIpc) is 2.99. The minimum absolute atomic E-state index is 0.172. The maximum absolute atomic E-state index is 10.0.